The molecule has 5 rings (SSSR count). The van der Waals surface area contributed by atoms with Crippen molar-refractivity contribution in [2.24, 2.45) is 0 Å². The van der Waals surface area contributed by atoms with Gasteiger partial charge in [-0.15, -0.1) is 0 Å². The van der Waals surface area contributed by atoms with Crippen molar-refractivity contribution in [1.29, 1.82) is 0 Å². The average molecular weight is 719 g/mol. The van der Waals surface area contributed by atoms with Gasteiger partial charge in [0.15, 0.2) is 28.7 Å². The maximum Gasteiger partial charge on any atom is 0.169 e. The van der Waals surface area contributed by atoms with E-state index in [-0.39, 0.29) is 5.41 Å². The number of allylic oxidation sites excluding steroid dienone is 7. The van der Waals surface area contributed by atoms with E-state index in [9.17, 15) is 0 Å². The topological polar surface area (TPSA) is 52.6 Å². The number of ether oxygens (including phenoxy) is 5. The summed E-state index contributed by atoms with van der Waals surface area (Å²) in [6.45, 7) is 15.3. The standard InChI is InChI=1S/C43H59ClN2O5/c1-12-14-23-45-33-27-37(49-9)35(47-7)25-31(33)41(3,4)39(45)20-19-29-17-16-18-30(40(29)44)21-22-43(51-11)42(5,6)32-26-36(48-8)38(50-10)28-34(32)46(43)24-15-13-2/h19-22,25-28H,12-18,23-24H2,1-11H3. The third-order valence-corrected chi connectivity index (χ3v) is 11.8. The molecular weight excluding hydrogens is 660 g/mol. The Bertz CT molecular complexity index is 1720. The summed E-state index contributed by atoms with van der Waals surface area (Å²) in [5, 5.41) is 0.828. The predicted molar refractivity (Wildman–Crippen MR) is 211 cm³/mol. The molecule has 51 heavy (non-hydrogen) atoms. The highest BCUT2D eigenvalue weighted by atomic mass is 35.5. The van der Waals surface area contributed by atoms with E-state index >= 15 is 0 Å². The van der Waals surface area contributed by atoms with Crippen LogP contribution in [0.25, 0.3) is 0 Å². The molecule has 2 aromatic rings. The first-order valence-electron chi connectivity index (χ1n) is 18.5. The number of unbranched alkanes of at least 4 members (excludes halogenated alkanes) is 2. The first-order valence-corrected chi connectivity index (χ1v) is 18.9. The fourth-order valence-corrected chi connectivity index (χ4v) is 8.60. The summed E-state index contributed by atoms with van der Waals surface area (Å²) < 4.78 is 29.5. The first-order chi connectivity index (χ1) is 24.4. The molecule has 2 heterocycles. The Morgan fingerprint density at radius 3 is 1.88 bits per heavy atom. The van der Waals surface area contributed by atoms with Crippen LogP contribution in [0.2, 0.25) is 0 Å². The van der Waals surface area contributed by atoms with E-state index in [2.05, 4.69) is 99.9 Å². The largest absolute Gasteiger partial charge is 0.493 e. The van der Waals surface area contributed by atoms with Crippen molar-refractivity contribution < 1.29 is 23.7 Å². The van der Waals surface area contributed by atoms with E-state index in [4.69, 9.17) is 35.3 Å². The number of hydrogen-bond donors (Lipinski definition) is 0. The fraction of sp³-hybridized carbons (Fsp3) is 0.535. The van der Waals surface area contributed by atoms with Crippen molar-refractivity contribution in [2.75, 3.05) is 58.4 Å². The summed E-state index contributed by atoms with van der Waals surface area (Å²) in [6.07, 6.45) is 16.2. The third kappa shape index (κ3) is 6.65. The average Bonchev–Trinajstić information content (AvgIpc) is 3.45. The second-order valence-corrected chi connectivity index (χ2v) is 15.3. The highest BCUT2D eigenvalue weighted by molar-refractivity contribution is 6.32. The Kier molecular flexibility index (Phi) is 11.8. The molecule has 0 bridgehead atoms. The van der Waals surface area contributed by atoms with Gasteiger partial charge in [0.25, 0.3) is 0 Å². The van der Waals surface area contributed by atoms with Gasteiger partial charge in [-0.1, -0.05) is 78.1 Å². The Hall–Kier alpha value is -3.55. The highest BCUT2D eigenvalue weighted by Gasteiger charge is 2.56. The Labute approximate surface area is 311 Å². The lowest BCUT2D eigenvalue weighted by Crippen LogP contribution is -2.56. The van der Waals surface area contributed by atoms with Gasteiger partial charge in [0.05, 0.1) is 28.4 Å². The van der Waals surface area contributed by atoms with Crippen molar-refractivity contribution in [2.45, 2.75) is 103 Å². The summed E-state index contributed by atoms with van der Waals surface area (Å²) in [5.74, 6) is 2.93. The molecule has 0 amide bonds. The van der Waals surface area contributed by atoms with E-state index in [1.165, 1.54) is 22.5 Å². The van der Waals surface area contributed by atoms with Gasteiger partial charge in [0, 0.05) is 65.3 Å². The van der Waals surface area contributed by atoms with Crippen molar-refractivity contribution >= 4 is 23.0 Å². The fourth-order valence-electron chi connectivity index (χ4n) is 8.29. The smallest absolute Gasteiger partial charge is 0.169 e. The minimum atomic E-state index is -0.739. The maximum atomic E-state index is 7.32. The Morgan fingerprint density at radius 2 is 1.29 bits per heavy atom. The van der Waals surface area contributed by atoms with E-state index < -0.39 is 11.1 Å². The van der Waals surface area contributed by atoms with Gasteiger partial charge < -0.3 is 33.5 Å². The van der Waals surface area contributed by atoms with Crippen molar-refractivity contribution in [3.63, 3.8) is 0 Å². The summed E-state index contributed by atoms with van der Waals surface area (Å²) in [4.78, 5) is 4.85. The minimum absolute atomic E-state index is 0.228. The number of methoxy groups -OCH3 is 5. The van der Waals surface area contributed by atoms with Gasteiger partial charge in [0.2, 0.25) is 0 Å². The lowest BCUT2D eigenvalue weighted by Gasteiger charge is -2.45. The molecule has 0 saturated carbocycles. The SMILES string of the molecule is CCCCN1C(=CC=C2CCCC(C=CC3(OC)N(CCCC)c4cc(OC)c(OC)cc4C3(C)C)=C2Cl)C(C)(C)c2cc(OC)c(OC)cc21. The van der Waals surface area contributed by atoms with E-state index in [0.717, 1.165) is 97.1 Å². The summed E-state index contributed by atoms with van der Waals surface area (Å²) in [6, 6.07) is 8.48. The Morgan fingerprint density at radius 1 is 0.725 bits per heavy atom. The molecule has 0 N–H and O–H groups in total. The molecule has 0 spiro atoms. The molecule has 0 fully saturated rings. The summed E-state index contributed by atoms with van der Waals surface area (Å²) >= 11 is 7.32. The zero-order valence-electron chi connectivity index (χ0n) is 32.8. The minimum Gasteiger partial charge on any atom is -0.493 e. The van der Waals surface area contributed by atoms with Crippen LogP contribution in [0, 0.1) is 0 Å². The van der Waals surface area contributed by atoms with Crippen LogP contribution in [0.15, 0.2) is 70.4 Å². The van der Waals surface area contributed by atoms with Crippen LogP contribution in [0.3, 0.4) is 0 Å². The molecule has 0 saturated heterocycles. The quantitative estimate of drug-likeness (QED) is 0.193. The van der Waals surface area contributed by atoms with Crippen LogP contribution in [0.4, 0.5) is 11.4 Å². The monoisotopic (exact) mass is 718 g/mol. The van der Waals surface area contributed by atoms with Crippen LogP contribution in [0.5, 0.6) is 23.0 Å². The predicted octanol–water partition coefficient (Wildman–Crippen LogP) is 10.6. The molecule has 8 heteroatoms. The molecule has 7 nitrogen and oxygen atoms in total. The molecule has 2 aromatic carbocycles. The van der Waals surface area contributed by atoms with E-state index in [0.29, 0.717) is 5.75 Å². The van der Waals surface area contributed by atoms with Gasteiger partial charge in [-0.05, 0) is 78.7 Å². The molecule has 1 atom stereocenters. The van der Waals surface area contributed by atoms with Crippen LogP contribution in [-0.2, 0) is 15.6 Å². The number of benzene rings is 2. The van der Waals surface area contributed by atoms with Crippen LogP contribution in [0.1, 0.15) is 97.6 Å². The van der Waals surface area contributed by atoms with Crippen molar-refractivity contribution in [3.8, 4) is 23.0 Å². The zero-order valence-corrected chi connectivity index (χ0v) is 33.6. The summed E-state index contributed by atoms with van der Waals surface area (Å²) in [5.41, 5.74) is 6.87. The molecule has 2 aliphatic heterocycles. The number of anilines is 2. The van der Waals surface area contributed by atoms with Crippen LogP contribution >= 0.6 is 11.6 Å². The number of rotatable bonds is 14. The molecule has 1 unspecified atom stereocenters. The molecular formula is C43H59ClN2O5. The Balaban J connectivity index is 1.55. The van der Waals surface area contributed by atoms with Crippen LogP contribution < -0.4 is 28.7 Å². The zero-order chi connectivity index (χ0) is 37.1. The number of halogens is 1. The van der Waals surface area contributed by atoms with Crippen LogP contribution in [-0.4, -0.2) is 54.4 Å². The third-order valence-electron chi connectivity index (χ3n) is 11.4. The van der Waals surface area contributed by atoms with E-state index in [1.54, 1.807) is 28.4 Å². The van der Waals surface area contributed by atoms with Gasteiger partial charge in [-0.3, -0.25) is 0 Å². The number of hydrogen-bond acceptors (Lipinski definition) is 7. The molecule has 0 radical (unpaired) electrons. The molecule has 1 aliphatic carbocycles. The second-order valence-electron chi connectivity index (χ2n) is 14.9. The maximum absolute atomic E-state index is 7.32. The normalized spacial score (nSPS) is 22.3. The van der Waals surface area contributed by atoms with Crippen molar-refractivity contribution in [1.82, 2.24) is 0 Å². The molecule has 278 valence electrons. The lowest BCUT2D eigenvalue weighted by molar-refractivity contribution is -0.0166. The number of fused-ring (bicyclic) bond motifs is 2. The lowest BCUT2D eigenvalue weighted by atomic mass is 9.76. The summed E-state index contributed by atoms with van der Waals surface area (Å²) in [7, 11) is 8.59. The van der Waals surface area contributed by atoms with E-state index in [1.807, 2.05) is 7.11 Å². The molecule has 0 aromatic heterocycles. The van der Waals surface area contributed by atoms with Crippen molar-refractivity contribution in [3.05, 3.63) is 81.6 Å². The highest BCUT2D eigenvalue weighted by Crippen LogP contribution is 2.56. The van der Waals surface area contributed by atoms with Gasteiger partial charge >= 0.3 is 0 Å². The number of nitrogens with zero attached hydrogens (tertiary/aromatic N) is 2. The first kappa shape index (κ1) is 38.7. The van der Waals surface area contributed by atoms with Gasteiger partial charge in [-0.25, -0.2) is 0 Å². The second kappa shape index (κ2) is 15.6. The molecule has 3 aliphatic rings. The van der Waals surface area contributed by atoms with Gasteiger partial charge in [0.1, 0.15) is 0 Å². The van der Waals surface area contributed by atoms with Gasteiger partial charge in [-0.2, -0.15) is 0 Å².